The molecule has 0 bridgehead atoms. The second kappa shape index (κ2) is 8.52. The van der Waals surface area contributed by atoms with Crippen LogP contribution in [0.4, 0.5) is 13.6 Å². The lowest BCUT2D eigenvalue weighted by molar-refractivity contribution is -0.00791. The number of benzene rings is 1. The van der Waals surface area contributed by atoms with Gasteiger partial charge in [0.1, 0.15) is 0 Å². The van der Waals surface area contributed by atoms with Crippen molar-refractivity contribution in [2.24, 2.45) is 5.73 Å². The topological polar surface area (TPSA) is 64.8 Å². The molecule has 1 aliphatic carbocycles. The third-order valence-electron chi connectivity index (χ3n) is 5.92. The zero-order valence-electron chi connectivity index (χ0n) is 15.9. The molecule has 2 aliphatic rings. The highest BCUT2D eigenvalue weighted by atomic mass is 19.2. The molecular weight excluding hydrogens is 354 g/mol. The lowest BCUT2D eigenvalue weighted by atomic mass is 9.82. The van der Waals surface area contributed by atoms with E-state index in [9.17, 15) is 13.6 Å². The van der Waals surface area contributed by atoms with Crippen LogP contribution in [-0.2, 0) is 9.47 Å². The molecule has 0 radical (unpaired) electrons. The van der Waals surface area contributed by atoms with Crippen molar-refractivity contribution in [1.29, 1.82) is 0 Å². The van der Waals surface area contributed by atoms with Crippen LogP contribution in [0.25, 0.3) is 0 Å². The molecule has 3 rings (SSSR count). The van der Waals surface area contributed by atoms with E-state index in [2.05, 4.69) is 0 Å². The van der Waals surface area contributed by atoms with Gasteiger partial charge in [0.25, 0.3) is 0 Å². The number of rotatable bonds is 4. The van der Waals surface area contributed by atoms with E-state index >= 15 is 0 Å². The SMILES string of the molecule is COC(=O)N1[C@H](C)C[C@H](N)[C@@H]1CO[C@H]1CC[C@@H](c2ccc(F)c(F)c2)CC1. The van der Waals surface area contributed by atoms with Crippen LogP contribution in [0.15, 0.2) is 18.2 Å². The fourth-order valence-electron chi connectivity index (χ4n) is 4.39. The molecule has 7 heteroatoms. The van der Waals surface area contributed by atoms with Gasteiger partial charge >= 0.3 is 6.09 Å². The Kier molecular flexibility index (Phi) is 6.32. The maximum absolute atomic E-state index is 13.4. The molecule has 1 heterocycles. The van der Waals surface area contributed by atoms with Gasteiger partial charge in [-0.15, -0.1) is 0 Å². The number of nitrogens with zero attached hydrogens (tertiary/aromatic N) is 1. The molecule has 0 aromatic heterocycles. The van der Waals surface area contributed by atoms with Crippen molar-refractivity contribution in [3.8, 4) is 0 Å². The minimum Gasteiger partial charge on any atom is -0.453 e. The molecule has 2 fully saturated rings. The maximum atomic E-state index is 13.4. The zero-order valence-corrected chi connectivity index (χ0v) is 15.9. The summed E-state index contributed by atoms with van der Waals surface area (Å²) in [6, 6.07) is 3.88. The smallest absolute Gasteiger partial charge is 0.410 e. The summed E-state index contributed by atoms with van der Waals surface area (Å²) in [4.78, 5) is 13.7. The van der Waals surface area contributed by atoms with E-state index in [4.69, 9.17) is 15.2 Å². The lowest BCUT2D eigenvalue weighted by Crippen LogP contribution is -2.47. The Labute approximate surface area is 158 Å². The number of carbonyl (C=O) groups is 1. The quantitative estimate of drug-likeness (QED) is 0.865. The number of hydrogen-bond acceptors (Lipinski definition) is 4. The first-order valence-corrected chi connectivity index (χ1v) is 9.59. The molecule has 5 nitrogen and oxygen atoms in total. The number of hydrogen-bond donors (Lipinski definition) is 1. The van der Waals surface area contributed by atoms with Gasteiger partial charge < -0.3 is 15.2 Å². The van der Waals surface area contributed by atoms with E-state index in [1.54, 1.807) is 11.0 Å². The van der Waals surface area contributed by atoms with Gasteiger partial charge in [-0.1, -0.05) is 6.07 Å². The maximum Gasteiger partial charge on any atom is 0.410 e. The van der Waals surface area contributed by atoms with Gasteiger partial charge in [-0.05, 0) is 62.6 Å². The van der Waals surface area contributed by atoms with Crippen LogP contribution in [0.5, 0.6) is 0 Å². The third kappa shape index (κ3) is 4.41. The summed E-state index contributed by atoms with van der Waals surface area (Å²) >= 11 is 0. The molecule has 0 spiro atoms. The van der Waals surface area contributed by atoms with Crippen molar-refractivity contribution in [2.45, 2.75) is 69.2 Å². The molecule has 150 valence electrons. The predicted octanol–water partition coefficient (Wildman–Crippen LogP) is 3.56. The Balaban J connectivity index is 1.51. The van der Waals surface area contributed by atoms with E-state index in [1.807, 2.05) is 6.92 Å². The molecule has 27 heavy (non-hydrogen) atoms. The molecule has 3 atom stereocenters. The van der Waals surface area contributed by atoms with Crippen LogP contribution in [0.3, 0.4) is 0 Å². The monoisotopic (exact) mass is 382 g/mol. The van der Waals surface area contributed by atoms with Crippen molar-refractivity contribution >= 4 is 6.09 Å². The highest BCUT2D eigenvalue weighted by molar-refractivity contribution is 5.69. The minimum absolute atomic E-state index is 0.0326. The highest BCUT2D eigenvalue weighted by Crippen LogP contribution is 2.35. The molecule has 2 N–H and O–H groups in total. The Morgan fingerprint density at radius 1 is 1.22 bits per heavy atom. The Hall–Kier alpha value is -1.73. The number of likely N-dealkylation sites (tertiary alicyclic amines) is 1. The summed E-state index contributed by atoms with van der Waals surface area (Å²) in [5.41, 5.74) is 7.04. The molecule has 1 saturated carbocycles. The van der Waals surface area contributed by atoms with Crippen molar-refractivity contribution < 1.29 is 23.0 Å². The molecule has 1 saturated heterocycles. The van der Waals surface area contributed by atoms with Crippen molar-refractivity contribution in [1.82, 2.24) is 4.90 Å². The minimum atomic E-state index is -0.812. The number of methoxy groups -OCH3 is 1. The summed E-state index contributed by atoms with van der Waals surface area (Å²) in [5.74, 6) is -1.38. The first-order chi connectivity index (χ1) is 12.9. The van der Waals surface area contributed by atoms with E-state index < -0.39 is 11.6 Å². The number of amides is 1. The van der Waals surface area contributed by atoms with E-state index in [-0.39, 0.29) is 36.2 Å². The number of halogens is 2. The largest absolute Gasteiger partial charge is 0.453 e. The average Bonchev–Trinajstić information content (AvgIpc) is 2.95. The zero-order chi connectivity index (χ0) is 19.6. The van der Waals surface area contributed by atoms with Crippen LogP contribution >= 0.6 is 0 Å². The normalized spacial score (nSPS) is 31.1. The van der Waals surface area contributed by atoms with Crippen LogP contribution in [0.1, 0.15) is 50.5 Å². The Morgan fingerprint density at radius 2 is 1.93 bits per heavy atom. The van der Waals surface area contributed by atoms with Crippen LogP contribution in [0.2, 0.25) is 0 Å². The second-order valence-corrected chi connectivity index (χ2v) is 7.67. The third-order valence-corrected chi connectivity index (χ3v) is 5.92. The predicted molar refractivity (Wildman–Crippen MR) is 97.4 cm³/mol. The van der Waals surface area contributed by atoms with E-state index in [1.165, 1.54) is 19.2 Å². The van der Waals surface area contributed by atoms with Gasteiger partial charge in [0.15, 0.2) is 11.6 Å². The number of carbonyl (C=O) groups excluding carboxylic acids is 1. The van der Waals surface area contributed by atoms with Crippen molar-refractivity contribution in [3.63, 3.8) is 0 Å². The summed E-state index contributed by atoms with van der Waals surface area (Å²) in [5, 5.41) is 0. The fraction of sp³-hybridized carbons (Fsp3) is 0.650. The summed E-state index contributed by atoms with van der Waals surface area (Å²) in [7, 11) is 1.37. The molecule has 0 unspecified atom stereocenters. The summed E-state index contributed by atoms with van der Waals surface area (Å²) in [6.45, 7) is 2.35. The molecule has 1 amide bonds. The lowest BCUT2D eigenvalue weighted by Gasteiger charge is -2.32. The molecule has 1 aromatic carbocycles. The van der Waals surface area contributed by atoms with E-state index in [0.717, 1.165) is 37.7 Å². The second-order valence-electron chi connectivity index (χ2n) is 7.67. The summed E-state index contributed by atoms with van der Waals surface area (Å²) in [6.07, 6.45) is 3.87. The van der Waals surface area contributed by atoms with Crippen molar-refractivity contribution in [2.75, 3.05) is 13.7 Å². The molecular formula is C20H28F2N2O3. The first kappa shape index (κ1) is 20.0. The Bertz CT molecular complexity index is 665. The molecule has 1 aliphatic heterocycles. The van der Waals surface area contributed by atoms with Gasteiger partial charge in [-0.25, -0.2) is 13.6 Å². The van der Waals surface area contributed by atoms with Gasteiger partial charge in [0.2, 0.25) is 0 Å². The number of ether oxygens (including phenoxy) is 2. The first-order valence-electron chi connectivity index (χ1n) is 9.59. The van der Waals surface area contributed by atoms with Crippen LogP contribution in [-0.4, -0.2) is 48.9 Å². The average molecular weight is 382 g/mol. The Morgan fingerprint density at radius 3 is 2.56 bits per heavy atom. The standard InChI is InChI=1S/C20H28F2N2O3/c1-12-9-18(23)19(24(12)20(25)26-2)11-27-15-6-3-13(4-7-15)14-5-8-16(21)17(22)10-14/h5,8,10,12-13,15,18-19H,3-4,6-7,9,11,23H2,1-2H3/t12-,13-,15+,18+,19+/m1/s1. The van der Waals surface area contributed by atoms with Crippen molar-refractivity contribution in [3.05, 3.63) is 35.4 Å². The van der Waals surface area contributed by atoms with Gasteiger partial charge in [-0.2, -0.15) is 0 Å². The molecule has 1 aromatic rings. The van der Waals surface area contributed by atoms with E-state index in [0.29, 0.717) is 6.61 Å². The van der Waals surface area contributed by atoms with Gasteiger partial charge in [0.05, 0.1) is 25.9 Å². The van der Waals surface area contributed by atoms with Crippen LogP contribution in [0, 0.1) is 11.6 Å². The van der Waals surface area contributed by atoms with Gasteiger partial charge in [0, 0.05) is 12.1 Å². The number of nitrogens with two attached hydrogens (primary N) is 1. The fourth-order valence-corrected chi connectivity index (χ4v) is 4.39. The summed E-state index contributed by atoms with van der Waals surface area (Å²) < 4.78 is 37.5. The highest BCUT2D eigenvalue weighted by Gasteiger charge is 2.41. The van der Waals surface area contributed by atoms with Crippen LogP contribution < -0.4 is 5.73 Å². The van der Waals surface area contributed by atoms with Gasteiger partial charge in [-0.3, -0.25) is 4.90 Å².